The number of aromatic nitrogens is 2. The van der Waals surface area contributed by atoms with Crippen LogP contribution in [0.1, 0.15) is 16.2 Å². The van der Waals surface area contributed by atoms with Crippen molar-refractivity contribution < 1.29 is 4.74 Å². The Hall–Kier alpha value is -1.50. The molecule has 23 heavy (non-hydrogen) atoms. The number of fused-ring (bicyclic) bond motifs is 1. The van der Waals surface area contributed by atoms with Gasteiger partial charge in [-0.05, 0) is 19.1 Å². The summed E-state index contributed by atoms with van der Waals surface area (Å²) in [5.74, 6) is 0.781. The van der Waals surface area contributed by atoms with Crippen molar-refractivity contribution in [1.29, 1.82) is 0 Å². The maximum absolute atomic E-state index is 6.04. The van der Waals surface area contributed by atoms with E-state index in [1.165, 1.54) is 16.1 Å². The zero-order chi connectivity index (χ0) is 15.6. The highest BCUT2D eigenvalue weighted by atomic mass is 32.1. The van der Waals surface area contributed by atoms with Crippen LogP contribution in [-0.4, -0.2) is 58.1 Å². The molecule has 4 heterocycles. The molecule has 0 N–H and O–H groups in total. The summed E-state index contributed by atoms with van der Waals surface area (Å²) in [7, 11) is 0. The van der Waals surface area contributed by atoms with Crippen LogP contribution in [0.5, 0.6) is 5.75 Å². The van der Waals surface area contributed by atoms with Gasteiger partial charge in [0.15, 0.2) is 5.75 Å². The number of aryl methyl sites for hydroxylation is 1. The molecule has 122 valence electrons. The van der Waals surface area contributed by atoms with Crippen LogP contribution < -0.4 is 4.74 Å². The van der Waals surface area contributed by atoms with Gasteiger partial charge in [0.05, 0.1) is 12.4 Å². The standard InChI is InChI=1S/C17H22N4OS/c1-13-2-3-17(23-13)11-20-4-5-21-10-15(6-14(21)9-20)22-16-7-18-12-19-8-16/h2-3,7-8,12,14-15H,4-6,9-11H2,1H3. The molecular formula is C17H22N4OS. The molecule has 2 saturated heterocycles. The van der Waals surface area contributed by atoms with Gasteiger partial charge in [-0.15, -0.1) is 11.3 Å². The molecule has 0 bridgehead atoms. The molecule has 0 spiro atoms. The third-order valence-corrected chi connectivity index (χ3v) is 5.66. The number of nitrogens with zero attached hydrogens (tertiary/aromatic N) is 4. The van der Waals surface area contributed by atoms with Gasteiger partial charge in [-0.25, -0.2) is 9.97 Å². The van der Waals surface area contributed by atoms with E-state index in [2.05, 4.69) is 38.8 Å². The first kappa shape index (κ1) is 15.1. The second-order valence-corrected chi connectivity index (χ2v) is 7.82. The third-order valence-electron chi connectivity index (χ3n) is 4.68. The van der Waals surface area contributed by atoms with Gasteiger partial charge in [-0.1, -0.05) is 0 Å². The molecule has 0 radical (unpaired) electrons. The van der Waals surface area contributed by atoms with Gasteiger partial charge >= 0.3 is 0 Å². The highest BCUT2D eigenvalue weighted by Crippen LogP contribution is 2.27. The molecule has 0 aliphatic carbocycles. The van der Waals surface area contributed by atoms with E-state index in [0.717, 1.165) is 44.9 Å². The molecule has 2 aromatic heterocycles. The lowest BCUT2D eigenvalue weighted by molar-refractivity contribution is 0.0985. The molecule has 0 saturated carbocycles. The van der Waals surface area contributed by atoms with Gasteiger partial charge in [0, 0.05) is 54.9 Å². The van der Waals surface area contributed by atoms with Crippen molar-refractivity contribution >= 4 is 11.3 Å². The van der Waals surface area contributed by atoms with Crippen molar-refractivity contribution in [3.63, 3.8) is 0 Å². The Morgan fingerprint density at radius 3 is 2.87 bits per heavy atom. The summed E-state index contributed by atoms with van der Waals surface area (Å²) in [5.41, 5.74) is 0. The second kappa shape index (κ2) is 6.55. The van der Waals surface area contributed by atoms with Crippen LogP contribution in [0.25, 0.3) is 0 Å². The van der Waals surface area contributed by atoms with E-state index in [1.54, 1.807) is 12.4 Å². The smallest absolute Gasteiger partial charge is 0.156 e. The van der Waals surface area contributed by atoms with E-state index in [4.69, 9.17) is 4.74 Å². The summed E-state index contributed by atoms with van der Waals surface area (Å²) in [5, 5.41) is 0. The monoisotopic (exact) mass is 330 g/mol. The highest BCUT2D eigenvalue weighted by molar-refractivity contribution is 7.11. The molecule has 0 amide bonds. The molecule has 2 unspecified atom stereocenters. The molecule has 5 nitrogen and oxygen atoms in total. The van der Waals surface area contributed by atoms with Crippen LogP contribution in [-0.2, 0) is 6.54 Å². The van der Waals surface area contributed by atoms with E-state index in [0.29, 0.717) is 6.04 Å². The van der Waals surface area contributed by atoms with E-state index >= 15 is 0 Å². The second-order valence-electron chi connectivity index (χ2n) is 6.45. The molecule has 2 aromatic rings. The van der Waals surface area contributed by atoms with Crippen molar-refractivity contribution in [2.75, 3.05) is 26.2 Å². The molecule has 6 heteroatoms. The normalized spacial score (nSPS) is 25.4. The largest absolute Gasteiger partial charge is 0.486 e. The molecule has 2 fully saturated rings. The van der Waals surface area contributed by atoms with Crippen molar-refractivity contribution in [2.45, 2.75) is 32.0 Å². The van der Waals surface area contributed by atoms with Gasteiger partial charge < -0.3 is 4.74 Å². The SMILES string of the molecule is Cc1ccc(CN2CCN3CC(Oc4cncnc4)CC3C2)s1. The minimum Gasteiger partial charge on any atom is -0.486 e. The van der Waals surface area contributed by atoms with Crippen LogP contribution in [0.3, 0.4) is 0 Å². The summed E-state index contributed by atoms with van der Waals surface area (Å²) < 4.78 is 6.04. The summed E-state index contributed by atoms with van der Waals surface area (Å²) in [4.78, 5) is 16.1. The van der Waals surface area contributed by atoms with Gasteiger partial charge in [0.2, 0.25) is 0 Å². The first-order valence-corrected chi connectivity index (χ1v) is 9.01. The number of piperazine rings is 1. The lowest BCUT2D eigenvalue weighted by Crippen LogP contribution is -2.49. The van der Waals surface area contributed by atoms with Crippen molar-refractivity contribution in [3.8, 4) is 5.75 Å². The van der Waals surface area contributed by atoms with Crippen LogP contribution in [0, 0.1) is 6.92 Å². The van der Waals surface area contributed by atoms with Crippen LogP contribution >= 0.6 is 11.3 Å². The van der Waals surface area contributed by atoms with E-state index < -0.39 is 0 Å². The number of rotatable bonds is 4. The van der Waals surface area contributed by atoms with Crippen LogP contribution in [0.2, 0.25) is 0 Å². The predicted molar refractivity (Wildman–Crippen MR) is 90.8 cm³/mol. The first-order chi connectivity index (χ1) is 11.3. The summed E-state index contributed by atoms with van der Waals surface area (Å²) >= 11 is 1.92. The average Bonchev–Trinajstić information content (AvgIpc) is 3.13. The molecule has 2 aliphatic heterocycles. The Balaban J connectivity index is 1.33. The Kier molecular flexibility index (Phi) is 4.29. The Bertz CT molecular complexity index is 647. The third kappa shape index (κ3) is 3.54. The van der Waals surface area contributed by atoms with E-state index in [1.807, 2.05) is 11.3 Å². The van der Waals surface area contributed by atoms with Crippen LogP contribution in [0.15, 0.2) is 30.9 Å². The average molecular weight is 330 g/mol. The van der Waals surface area contributed by atoms with E-state index in [-0.39, 0.29) is 6.10 Å². The minimum absolute atomic E-state index is 0.259. The number of hydrogen-bond acceptors (Lipinski definition) is 6. The lowest BCUT2D eigenvalue weighted by Gasteiger charge is -2.36. The fourth-order valence-electron chi connectivity index (χ4n) is 3.62. The molecular weight excluding hydrogens is 308 g/mol. The number of ether oxygens (including phenoxy) is 1. The van der Waals surface area contributed by atoms with Crippen LogP contribution in [0.4, 0.5) is 0 Å². The van der Waals surface area contributed by atoms with Gasteiger partial charge in [-0.3, -0.25) is 9.80 Å². The van der Waals surface area contributed by atoms with Gasteiger partial charge in [0.25, 0.3) is 0 Å². The molecule has 2 aliphatic rings. The Labute approximate surface area is 140 Å². The first-order valence-electron chi connectivity index (χ1n) is 8.19. The fraction of sp³-hybridized carbons (Fsp3) is 0.529. The molecule has 2 atom stereocenters. The van der Waals surface area contributed by atoms with Gasteiger partial charge in [0.1, 0.15) is 12.4 Å². The number of thiophene rings is 1. The highest BCUT2D eigenvalue weighted by Gasteiger charge is 2.37. The zero-order valence-electron chi connectivity index (χ0n) is 13.4. The zero-order valence-corrected chi connectivity index (χ0v) is 14.2. The van der Waals surface area contributed by atoms with E-state index in [9.17, 15) is 0 Å². The van der Waals surface area contributed by atoms with Crippen molar-refractivity contribution in [1.82, 2.24) is 19.8 Å². The summed E-state index contributed by atoms with van der Waals surface area (Å²) in [6, 6.07) is 5.10. The topological polar surface area (TPSA) is 41.5 Å². The Morgan fingerprint density at radius 1 is 1.22 bits per heavy atom. The van der Waals surface area contributed by atoms with Crippen molar-refractivity contribution in [3.05, 3.63) is 40.6 Å². The Morgan fingerprint density at radius 2 is 2.09 bits per heavy atom. The molecule has 0 aromatic carbocycles. The maximum Gasteiger partial charge on any atom is 0.156 e. The quantitative estimate of drug-likeness (QED) is 0.859. The minimum atomic E-state index is 0.259. The predicted octanol–water partition coefficient (Wildman–Crippen LogP) is 2.18. The summed E-state index contributed by atoms with van der Waals surface area (Å²) in [6.07, 6.45) is 6.38. The lowest BCUT2D eigenvalue weighted by atomic mass is 10.1. The number of hydrogen-bond donors (Lipinski definition) is 0. The van der Waals surface area contributed by atoms with Crippen molar-refractivity contribution in [2.24, 2.45) is 0 Å². The maximum atomic E-state index is 6.04. The summed E-state index contributed by atoms with van der Waals surface area (Å²) in [6.45, 7) is 7.71. The molecule has 4 rings (SSSR count). The van der Waals surface area contributed by atoms with Gasteiger partial charge in [-0.2, -0.15) is 0 Å². The fourth-order valence-corrected chi connectivity index (χ4v) is 4.55.